The van der Waals surface area contributed by atoms with Gasteiger partial charge in [0.2, 0.25) is 0 Å². The van der Waals surface area contributed by atoms with Crippen molar-refractivity contribution in [2.24, 2.45) is 0 Å². The van der Waals surface area contributed by atoms with Crippen LogP contribution in [0, 0.1) is 0 Å². The Morgan fingerprint density at radius 3 is 0.769 bits per heavy atom. The Bertz CT molecular complexity index is 135. The minimum atomic E-state index is -3.29. The van der Waals surface area contributed by atoms with Crippen molar-refractivity contribution in [2.45, 2.75) is 0 Å². The van der Waals surface area contributed by atoms with Crippen LogP contribution in [0.25, 0.3) is 0 Å². The van der Waals surface area contributed by atoms with Gasteiger partial charge in [-0.15, -0.1) is 0 Å². The van der Waals surface area contributed by atoms with Crippen LogP contribution in [0.5, 0.6) is 0 Å². The Kier molecular flexibility index (Phi) is 19.6. The van der Waals surface area contributed by atoms with Crippen LogP contribution in [-0.4, -0.2) is 47.3 Å². The van der Waals surface area contributed by atoms with Gasteiger partial charge in [-0.05, 0) is 0 Å². The zero-order chi connectivity index (χ0) is 11.7. The normalized spacial score (nSPS) is 10.0. The van der Waals surface area contributed by atoms with Crippen molar-refractivity contribution in [3.05, 3.63) is 0 Å². The van der Waals surface area contributed by atoms with Crippen LogP contribution in [0.2, 0.25) is 0 Å². The van der Waals surface area contributed by atoms with E-state index in [1.54, 1.807) is 25.0 Å². The van der Waals surface area contributed by atoms with E-state index < -0.39 is 35.5 Å². The van der Waals surface area contributed by atoms with Gasteiger partial charge in [0.05, 0.1) is 0 Å². The molecule has 0 unspecified atom stereocenters. The van der Waals surface area contributed by atoms with Crippen molar-refractivity contribution in [1.82, 2.24) is 0 Å². The average Bonchev–Trinajstić information content (AvgIpc) is 1.50. The Morgan fingerprint density at radius 2 is 0.769 bits per heavy atom. The summed E-state index contributed by atoms with van der Waals surface area (Å²) in [6.07, 6.45) is 6.56. The van der Waals surface area contributed by atoms with Crippen LogP contribution < -0.4 is 0 Å². The SMILES string of the molecule is CS(C)=O.CS(C)=O.[Cl][Sn]([Cl])([Cl])[Cl]. The molecule has 0 spiro atoms. The van der Waals surface area contributed by atoms with Gasteiger partial charge in [-0.2, -0.15) is 0 Å². The predicted molar refractivity (Wildman–Crippen MR) is 69.1 cm³/mol. The van der Waals surface area contributed by atoms with Crippen LogP contribution in [0.4, 0.5) is 0 Å². The van der Waals surface area contributed by atoms with Gasteiger partial charge in [-0.25, -0.2) is 0 Å². The van der Waals surface area contributed by atoms with E-state index in [0.717, 1.165) is 0 Å². The molecule has 0 bridgehead atoms. The quantitative estimate of drug-likeness (QED) is 0.568. The summed E-state index contributed by atoms with van der Waals surface area (Å²) in [5, 5.41) is 0. The zero-order valence-electron chi connectivity index (χ0n) is 7.64. The number of halogens is 4. The molecule has 2 nitrogen and oxygen atoms in total. The first-order valence-electron chi connectivity index (χ1n) is 2.72. The van der Waals surface area contributed by atoms with Crippen molar-refractivity contribution >= 4 is 71.2 Å². The molecule has 0 aliphatic rings. The first-order chi connectivity index (χ1) is 5.46. The molecule has 0 aromatic carbocycles. The molecule has 9 heteroatoms. The molecule has 0 aliphatic carbocycles. The first-order valence-corrected chi connectivity index (χ1v) is 21.1. The van der Waals surface area contributed by atoms with Gasteiger partial charge in [0.1, 0.15) is 0 Å². The van der Waals surface area contributed by atoms with Crippen molar-refractivity contribution < 1.29 is 8.42 Å². The third kappa shape index (κ3) is 420. The van der Waals surface area contributed by atoms with Gasteiger partial charge in [0, 0.05) is 46.6 Å². The molecule has 0 saturated carbocycles. The Morgan fingerprint density at radius 1 is 0.769 bits per heavy atom. The summed E-state index contributed by atoms with van der Waals surface area (Å²) in [7, 11) is 18.9. The third-order valence-electron chi connectivity index (χ3n) is 0. The molecule has 0 aromatic heterocycles. The molecule has 13 heavy (non-hydrogen) atoms. The van der Waals surface area contributed by atoms with Crippen LogP contribution >= 0.6 is 35.7 Å². The summed E-state index contributed by atoms with van der Waals surface area (Å²) in [4.78, 5) is 0. The molecule has 0 atom stereocenters. The van der Waals surface area contributed by atoms with E-state index in [4.69, 9.17) is 35.7 Å². The summed E-state index contributed by atoms with van der Waals surface area (Å²) >= 11 is -3.29. The maximum absolute atomic E-state index is 9.56. The minimum absolute atomic E-state index is 0.611. The topological polar surface area (TPSA) is 34.1 Å². The molecule has 0 heterocycles. The Hall–Kier alpha value is 2.26. The van der Waals surface area contributed by atoms with Gasteiger partial charge in [0.25, 0.3) is 0 Å². The summed E-state index contributed by atoms with van der Waals surface area (Å²) in [6.45, 7) is 0. The van der Waals surface area contributed by atoms with Crippen LogP contribution in [0.1, 0.15) is 0 Å². The number of rotatable bonds is 0. The second-order valence-corrected chi connectivity index (χ2v) is 30.3. The molecular weight excluding hydrogens is 405 g/mol. The monoisotopic (exact) mass is 416 g/mol. The van der Waals surface area contributed by atoms with Crippen molar-refractivity contribution in [2.75, 3.05) is 25.0 Å². The fraction of sp³-hybridized carbons (Fsp3) is 1.00. The van der Waals surface area contributed by atoms with Crippen LogP contribution in [0.3, 0.4) is 0 Å². The van der Waals surface area contributed by atoms with E-state index in [2.05, 4.69) is 0 Å². The molecule has 0 radical (unpaired) electrons. The second-order valence-electron chi connectivity index (χ2n) is 1.91. The summed E-state index contributed by atoms with van der Waals surface area (Å²) < 4.78 is 19.1. The Balaban J connectivity index is -0.000000117. The summed E-state index contributed by atoms with van der Waals surface area (Å²) in [6, 6.07) is 0. The third-order valence-corrected chi connectivity index (χ3v) is 0. The van der Waals surface area contributed by atoms with Gasteiger partial charge < -0.3 is 0 Å². The molecule has 0 rings (SSSR count). The van der Waals surface area contributed by atoms with Crippen molar-refractivity contribution in [1.29, 1.82) is 0 Å². The molecule has 0 aliphatic heterocycles. The zero-order valence-corrected chi connectivity index (χ0v) is 15.2. The van der Waals surface area contributed by atoms with Crippen LogP contribution in [0.15, 0.2) is 0 Å². The molecule has 84 valence electrons. The van der Waals surface area contributed by atoms with Gasteiger partial charge in [0.15, 0.2) is 0 Å². The molecule has 0 N–H and O–H groups in total. The average molecular weight is 417 g/mol. The predicted octanol–water partition coefficient (Wildman–Crippen LogP) is 2.37. The van der Waals surface area contributed by atoms with E-state index in [9.17, 15) is 8.42 Å². The van der Waals surface area contributed by atoms with Gasteiger partial charge in [-0.1, -0.05) is 0 Å². The maximum atomic E-state index is 9.56. The standard InChI is InChI=1S/2C2H6OS.4ClH.Sn/c2*1-4(2)3;;;;;/h2*1-2H3;4*1H;/q;;;;;;+4/p-4. The van der Waals surface area contributed by atoms with E-state index in [1.165, 1.54) is 0 Å². The van der Waals surface area contributed by atoms with Gasteiger partial charge in [-0.3, -0.25) is 8.42 Å². The molecular formula is C4H12Cl4O2S2Sn. The fourth-order valence-electron chi connectivity index (χ4n) is 0. The summed E-state index contributed by atoms with van der Waals surface area (Å²) in [5.41, 5.74) is 0. The molecule has 0 saturated heterocycles. The van der Waals surface area contributed by atoms with E-state index >= 15 is 0 Å². The van der Waals surface area contributed by atoms with E-state index in [1.807, 2.05) is 0 Å². The number of hydrogen-bond acceptors (Lipinski definition) is 2. The van der Waals surface area contributed by atoms with Crippen molar-refractivity contribution in [3.8, 4) is 0 Å². The molecule has 0 aromatic rings. The Labute approximate surface area is 103 Å². The van der Waals surface area contributed by atoms with Gasteiger partial charge >= 0.3 is 49.6 Å². The summed E-state index contributed by atoms with van der Waals surface area (Å²) in [5.74, 6) is 0. The molecule has 0 amide bonds. The second kappa shape index (κ2) is 12.3. The van der Waals surface area contributed by atoms with Crippen molar-refractivity contribution in [3.63, 3.8) is 0 Å². The van der Waals surface area contributed by atoms with E-state index in [-0.39, 0.29) is 0 Å². The molecule has 0 fully saturated rings. The number of hydrogen-bond donors (Lipinski definition) is 0. The van der Waals surface area contributed by atoms with Crippen LogP contribution in [-0.2, 0) is 21.6 Å². The van der Waals surface area contributed by atoms with E-state index in [0.29, 0.717) is 0 Å². The fourth-order valence-corrected chi connectivity index (χ4v) is 0. The first kappa shape index (κ1) is 20.6.